The van der Waals surface area contributed by atoms with E-state index in [1.807, 2.05) is 21.1 Å². The van der Waals surface area contributed by atoms with Crippen LogP contribution < -0.4 is 5.73 Å². The Kier molecular flexibility index (Phi) is 4.45. The van der Waals surface area contributed by atoms with Crippen LogP contribution in [0.3, 0.4) is 0 Å². The Morgan fingerprint density at radius 2 is 2.17 bits per heavy atom. The van der Waals surface area contributed by atoms with Crippen LogP contribution in [0.4, 0.5) is 4.79 Å². The number of nitrogens with two attached hydrogens (primary N) is 1. The maximum absolute atomic E-state index is 10.2. The molecule has 3 N–H and O–H groups in total. The zero-order valence-corrected chi connectivity index (χ0v) is 8.57. The monoisotopic (exact) mass is 195 g/mol. The first-order chi connectivity index (χ1) is 5.31. The molecule has 0 spiro atoms. The van der Waals surface area contributed by atoms with Crippen LogP contribution in [0.5, 0.6) is 0 Å². The van der Waals surface area contributed by atoms with Gasteiger partial charge in [-0.05, 0) is 0 Å². The molecule has 0 aliphatic carbocycles. The second-order valence-electron chi connectivity index (χ2n) is 3.53. The molecule has 0 aliphatic rings. The van der Waals surface area contributed by atoms with Crippen LogP contribution in [0.15, 0.2) is 0 Å². The van der Waals surface area contributed by atoms with Gasteiger partial charge in [0, 0.05) is 0 Å². The molecule has 2 unspecified atom stereocenters. The van der Waals surface area contributed by atoms with Crippen molar-refractivity contribution in [3.05, 3.63) is 0 Å². The van der Waals surface area contributed by atoms with E-state index in [4.69, 9.17) is 5.73 Å². The number of carbonyl (C=O) groups is 1. The molecule has 0 rings (SSSR count). The molecule has 1 amide bonds. The molecule has 0 heterocycles. The maximum Gasteiger partial charge on any atom is 0.406 e. The highest BCUT2D eigenvalue weighted by atomic mass is 31.1. The highest BCUT2D eigenvalue weighted by Crippen LogP contribution is 2.19. The quantitative estimate of drug-likeness (QED) is 0.478. The standard InChI is InChI=1S/C6H15N2O3P/c1-8(2,3)4-5(9)12-11-6(7)10/h5,9,12H,4H2,1-3H3,(H-,7,10)/p+1. The number of quaternary nitrogens is 1. The highest BCUT2D eigenvalue weighted by Gasteiger charge is 2.16. The molecule has 0 aliphatic heterocycles. The van der Waals surface area contributed by atoms with E-state index in [0.29, 0.717) is 11.0 Å². The van der Waals surface area contributed by atoms with Gasteiger partial charge in [-0.3, -0.25) is 0 Å². The van der Waals surface area contributed by atoms with E-state index >= 15 is 0 Å². The number of hydrogen-bond donors (Lipinski definition) is 2. The van der Waals surface area contributed by atoms with Gasteiger partial charge in [0.2, 0.25) is 0 Å². The first-order valence-corrected chi connectivity index (χ1v) is 4.50. The Labute approximate surface area is 73.9 Å². The summed E-state index contributed by atoms with van der Waals surface area (Å²) in [6.45, 7) is 0.533. The van der Waals surface area contributed by atoms with Crippen molar-refractivity contribution in [1.29, 1.82) is 0 Å². The second-order valence-corrected chi connectivity index (χ2v) is 4.63. The minimum atomic E-state index is -0.839. The molecular formula is C6H16N2O3P+. The number of primary amides is 1. The molecule has 2 atom stereocenters. The largest absolute Gasteiger partial charge is 0.429 e. The van der Waals surface area contributed by atoms with Crippen molar-refractivity contribution in [3.8, 4) is 0 Å². The van der Waals surface area contributed by atoms with Crippen molar-refractivity contribution < 1.29 is 18.9 Å². The summed E-state index contributed by atoms with van der Waals surface area (Å²) < 4.78 is 5.08. The van der Waals surface area contributed by atoms with E-state index in [-0.39, 0.29) is 8.81 Å². The molecule has 6 heteroatoms. The van der Waals surface area contributed by atoms with Crippen LogP contribution >= 0.6 is 8.81 Å². The van der Waals surface area contributed by atoms with Gasteiger partial charge in [-0.1, -0.05) is 0 Å². The molecule has 0 aromatic carbocycles. The third kappa shape index (κ3) is 7.72. The van der Waals surface area contributed by atoms with E-state index in [0.717, 1.165) is 0 Å². The van der Waals surface area contributed by atoms with Gasteiger partial charge in [0.05, 0.1) is 21.1 Å². The van der Waals surface area contributed by atoms with Crippen LogP contribution in [0, 0.1) is 0 Å². The van der Waals surface area contributed by atoms with Crippen LogP contribution in [0.25, 0.3) is 0 Å². The fraction of sp³-hybridized carbons (Fsp3) is 0.833. The second kappa shape index (κ2) is 4.60. The zero-order valence-electron chi connectivity index (χ0n) is 7.57. The SMILES string of the molecule is C[N+](C)(C)CC(O)POC(N)=O. The molecule has 5 nitrogen and oxygen atoms in total. The molecule has 0 radical (unpaired) electrons. The number of aliphatic hydroxyl groups excluding tert-OH is 1. The molecule has 0 aromatic heterocycles. The van der Waals surface area contributed by atoms with Gasteiger partial charge < -0.3 is 19.8 Å². The van der Waals surface area contributed by atoms with E-state index in [2.05, 4.69) is 4.52 Å². The van der Waals surface area contributed by atoms with Crippen LogP contribution in [-0.2, 0) is 4.52 Å². The van der Waals surface area contributed by atoms with Gasteiger partial charge in [0.1, 0.15) is 15.4 Å². The lowest BCUT2D eigenvalue weighted by Crippen LogP contribution is -2.40. The number of likely N-dealkylation sites (N-methyl/N-ethyl adjacent to an activating group) is 1. The van der Waals surface area contributed by atoms with Gasteiger partial charge in [0.25, 0.3) is 0 Å². The fourth-order valence-electron chi connectivity index (χ4n) is 0.682. The van der Waals surface area contributed by atoms with E-state index < -0.39 is 11.9 Å². The van der Waals surface area contributed by atoms with E-state index in [1.54, 1.807) is 0 Å². The van der Waals surface area contributed by atoms with Gasteiger partial charge in [-0.2, -0.15) is 0 Å². The van der Waals surface area contributed by atoms with Crippen molar-refractivity contribution in [2.75, 3.05) is 27.7 Å². The normalized spacial score (nSPS) is 15.0. The summed E-state index contributed by atoms with van der Waals surface area (Å²) in [4.78, 5) is 10.2. The van der Waals surface area contributed by atoms with Crippen molar-refractivity contribution in [3.63, 3.8) is 0 Å². The predicted octanol–water partition coefficient (Wildman–Crippen LogP) is -0.300. The van der Waals surface area contributed by atoms with Gasteiger partial charge in [0.15, 0.2) is 5.85 Å². The summed E-state index contributed by atoms with van der Waals surface area (Å²) >= 11 is 0. The van der Waals surface area contributed by atoms with Crippen LogP contribution in [-0.4, -0.2) is 49.2 Å². The number of nitrogens with zero attached hydrogens (tertiary/aromatic N) is 1. The summed E-state index contributed by atoms with van der Waals surface area (Å²) in [7, 11) is 5.55. The number of amides is 1. The zero-order chi connectivity index (χ0) is 9.78. The van der Waals surface area contributed by atoms with Crippen LogP contribution in [0.1, 0.15) is 0 Å². The van der Waals surface area contributed by atoms with Crippen molar-refractivity contribution in [1.82, 2.24) is 0 Å². The fourth-order valence-corrected chi connectivity index (χ4v) is 1.56. The molecule has 0 bridgehead atoms. The lowest BCUT2D eigenvalue weighted by Gasteiger charge is -2.25. The van der Waals surface area contributed by atoms with Crippen LogP contribution in [0.2, 0.25) is 0 Å². The Morgan fingerprint density at radius 3 is 2.50 bits per heavy atom. The van der Waals surface area contributed by atoms with Crippen molar-refractivity contribution in [2.24, 2.45) is 5.73 Å². The molecule has 12 heavy (non-hydrogen) atoms. The Balaban J connectivity index is 3.60. The molecular weight excluding hydrogens is 179 g/mol. The number of carbonyl (C=O) groups excluding carboxylic acids is 1. The first kappa shape index (κ1) is 11.6. The Bertz CT molecular complexity index is 157. The lowest BCUT2D eigenvalue weighted by molar-refractivity contribution is -0.871. The molecule has 0 fully saturated rings. The predicted molar refractivity (Wildman–Crippen MR) is 47.9 cm³/mol. The average Bonchev–Trinajstić information content (AvgIpc) is 1.79. The third-order valence-corrected chi connectivity index (χ3v) is 1.79. The van der Waals surface area contributed by atoms with E-state index in [1.165, 1.54) is 0 Å². The lowest BCUT2D eigenvalue weighted by atomic mass is 10.5. The molecule has 72 valence electrons. The van der Waals surface area contributed by atoms with Crippen molar-refractivity contribution in [2.45, 2.75) is 5.85 Å². The Hall–Kier alpha value is -0.380. The summed E-state index contributed by atoms with van der Waals surface area (Å²) in [5.41, 5.74) is 4.73. The minimum Gasteiger partial charge on any atom is -0.429 e. The maximum atomic E-state index is 10.2. The van der Waals surface area contributed by atoms with Gasteiger partial charge in [-0.25, -0.2) is 4.79 Å². The minimum absolute atomic E-state index is 0.275. The highest BCUT2D eigenvalue weighted by molar-refractivity contribution is 7.33. The van der Waals surface area contributed by atoms with Gasteiger partial charge >= 0.3 is 6.09 Å². The molecule has 0 aromatic rings. The average molecular weight is 195 g/mol. The summed E-state index contributed by atoms with van der Waals surface area (Å²) in [6.07, 6.45) is -0.839. The molecule has 0 saturated carbocycles. The summed E-state index contributed by atoms with van der Waals surface area (Å²) in [5, 5.41) is 9.30. The third-order valence-electron chi connectivity index (χ3n) is 1.02. The summed E-state index contributed by atoms with van der Waals surface area (Å²) in [5.74, 6) is -0.627. The first-order valence-electron chi connectivity index (χ1n) is 3.51. The summed E-state index contributed by atoms with van der Waals surface area (Å²) in [6, 6.07) is 0. The van der Waals surface area contributed by atoms with E-state index in [9.17, 15) is 9.90 Å². The topological polar surface area (TPSA) is 72.6 Å². The number of hydrogen-bond acceptors (Lipinski definition) is 3. The van der Waals surface area contributed by atoms with Gasteiger partial charge in [-0.15, -0.1) is 0 Å². The van der Waals surface area contributed by atoms with Crippen molar-refractivity contribution >= 4 is 14.9 Å². The number of rotatable bonds is 4. The Morgan fingerprint density at radius 1 is 1.67 bits per heavy atom. The smallest absolute Gasteiger partial charge is 0.406 e. The number of aliphatic hydroxyl groups is 1. The molecule has 0 saturated heterocycles.